The number of esters is 1. The van der Waals surface area contributed by atoms with E-state index < -0.39 is 21.2 Å². The van der Waals surface area contributed by atoms with Crippen molar-refractivity contribution >= 4 is 15.8 Å². The number of hydrogen-bond acceptors (Lipinski definition) is 6. The van der Waals surface area contributed by atoms with Gasteiger partial charge in [0.1, 0.15) is 17.3 Å². The van der Waals surface area contributed by atoms with E-state index in [-0.39, 0.29) is 29.6 Å². The second-order valence-electron chi connectivity index (χ2n) is 6.17. The first kappa shape index (κ1) is 20.3. The summed E-state index contributed by atoms with van der Waals surface area (Å²) in [5.41, 5.74) is -1.03. The van der Waals surface area contributed by atoms with Crippen LogP contribution in [0.1, 0.15) is 26.7 Å². The summed E-state index contributed by atoms with van der Waals surface area (Å²) in [5.74, 6) is 4.97. The van der Waals surface area contributed by atoms with Crippen LogP contribution in [0.5, 0.6) is 5.75 Å². The molecule has 0 aromatic heterocycles. The Bertz CT molecular complexity index is 786. The van der Waals surface area contributed by atoms with Gasteiger partial charge in [0.2, 0.25) is 0 Å². The lowest BCUT2D eigenvalue weighted by Gasteiger charge is -2.34. The summed E-state index contributed by atoms with van der Waals surface area (Å²) in [6, 6.07) is 6.46. The molecule has 1 aliphatic heterocycles. The van der Waals surface area contributed by atoms with Gasteiger partial charge in [-0.3, -0.25) is 4.79 Å². The Kier molecular flexibility index (Phi) is 7.06. The number of carbonyl (C=O) groups excluding carboxylic acids is 1. The van der Waals surface area contributed by atoms with Crippen molar-refractivity contribution in [2.45, 2.75) is 31.6 Å². The van der Waals surface area contributed by atoms with Crippen LogP contribution in [0.4, 0.5) is 0 Å². The SMILES string of the molecule is CC#CCOc1ccccc1S(=O)(=O)CC1(C(=O)OCC)CCNCC1. The summed E-state index contributed by atoms with van der Waals surface area (Å²) < 4.78 is 37.0. The van der Waals surface area contributed by atoms with Crippen LogP contribution in [-0.2, 0) is 19.4 Å². The highest BCUT2D eigenvalue weighted by molar-refractivity contribution is 7.91. The van der Waals surface area contributed by atoms with Crippen LogP contribution in [0.3, 0.4) is 0 Å². The number of rotatable bonds is 7. The molecule has 1 aromatic rings. The molecule has 7 heteroatoms. The second kappa shape index (κ2) is 9.06. The number of carbonyl (C=O) groups is 1. The van der Waals surface area contributed by atoms with E-state index in [0.29, 0.717) is 25.9 Å². The number of ether oxygens (including phenoxy) is 2. The molecule has 1 aliphatic rings. The van der Waals surface area contributed by atoms with E-state index in [1.165, 1.54) is 6.07 Å². The Morgan fingerprint density at radius 3 is 2.62 bits per heavy atom. The highest BCUT2D eigenvalue weighted by atomic mass is 32.2. The van der Waals surface area contributed by atoms with E-state index in [1.807, 2.05) is 0 Å². The molecule has 0 radical (unpaired) electrons. The van der Waals surface area contributed by atoms with E-state index in [1.54, 1.807) is 32.0 Å². The second-order valence-corrected chi connectivity index (χ2v) is 8.13. The summed E-state index contributed by atoms with van der Waals surface area (Å²) in [6.45, 7) is 4.90. The molecule has 1 N–H and O–H groups in total. The summed E-state index contributed by atoms with van der Waals surface area (Å²) in [6.07, 6.45) is 0.852. The Balaban J connectivity index is 2.33. The highest BCUT2D eigenvalue weighted by Gasteiger charge is 2.45. The number of sulfone groups is 1. The standard InChI is InChI=1S/C19H25NO5S/c1-3-5-14-25-16-8-6-7-9-17(16)26(22,23)15-19(18(21)24-4-2)10-12-20-13-11-19/h6-9,20H,4,10-15H2,1-2H3. The van der Waals surface area contributed by atoms with Crippen LogP contribution >= 0.6 is 0 Å². The topological polar surface area (TPSA) is 81.7 Å². The van der Waals surface area contributed by atoms with E-state index >= 15 is 0 Å². The molecule has 142 valence electrons. The largest absolute Gasteiger partial charge is 0.480 e. The average molecular weight is 379 g/mol. The monoisotopic (exact) mass is 379 g/mol. The molecule has 6 nitrogen and oxygen atoms in total. The predicted octanol–water partition coefficient (Wildman–Crippen LogP) is 1.80. The Hall–Kier alpha value is -2.04. The molecule has 0 bridgehead atoms. The third-order valence-electron chi connectivity index (χ3n) is 4.40. The lowest BCUT2D eigenvalue weighted by atomic mass is 9.81. The van der Waals surface area contributed by atoms with Gasteiger partial charge < -0.3 is 14.8 Å². The van der Waals surface area contributed by atoms with Gasteiger partial charge in [0.15, 0.2) is 9.84 Å². The average Bonchev–Trinajstić information content (AvgIpc) is 2.63. The molecule has 26 heavy (non-hydrogen) atoms. The van der Waals surface area contributed by atoms with Gasteiger partial charge in [-0.05, 0) is 51.9 Å². The molecule has 0 atom stereocenters. The predicted molar refractivity (Wildman–Crippen MR) is 98.6 cm³/mol. The number of nitrogens with one attached hydrogen (secondary N) is 1. The summed E-state index contributed by atoms with van der Waals surface area (Å²) in [7, 11) is -3.75. The fourth-order valence-electron chi connectivity index (χ4n) is 3.05. The smallest absolute Gasteiger partial charge is 0.313 e. The number of piperidine rings is 1. The fourth-order valence-corrected chi connectivity index (χ4v) is 5.06. The normalized spacial score (nSPS) is 16.2. The van der Waals surface area contributed by atoms with Gasteiger partial charge in [-0.2, -0.15) is 0 Å². The van der Waals surface area contributed by atoms with Gasteiger partial charge in [0, 0.05) is 0 Å². The highest BCUT2D eigenvalue weighted by Crippen LogP contribution is 2.36. The van der Waals surface area contributed by atoms with Crippen LogP contribution in [0.25, 0.3) is 0 Å². The molecule has 0 unspecified atom stereocenters. The lowest BCUT2D eigenvalue weighted by Crippen LogP contribution is -2.47. The van der Waals surface area contributed by atoms with Crippen molar-refractivity contribution in [1.82, 2.24) is 5.32 Å². The van der Waals surface area contributed by atoms with Crippen LogP contribution in [-0.4, -0.2) is 46.4 Å². The van der Waals surface area contributed by atoms with Crippen LogP contribution in [0, 0.1) is 17.3 Å². The first-order valence-electron chi connectivity index (χ1n) is 8.67. The number of hydrogen-bond donors (Lipinski definition) is 1. The zero-order valence-corrected chi connectivity index (χ0v) is 16.0. The molecule has 2 rings (SSSR count). The van der Waals surface area contributed by atoms with Crippen molar-refractivity contribution in [1.29, 1.82) is 0 Å². The lowest BCUT2D eigenvalue weighted by molar-refractivity contribution is -0.155. The maximum Gasteiger partial charge on any atom is 0.313 e. The van der Waals surface area contributed by atoms with E-state index in [2.05, 4.69) is 17.2 Å². The van der Waals surface area contributed by atoms with Gasteiger partial charge in [-0.15, -0.1) is 5.92 Å². The zero-order chi connectivity index (χ0) is 19.0. The minimum atomic E-state index is -3.75. The molecule has 0 amide bonds. The van der Waals surface area contributed by atoms with Gasteiger partial charge in [-0.1, -0.05) is 18.1 Å². The molecule has 1 saturated heterocycles. The Labute approximate surface area is 155 Å². The minimum absolute atomic E-state index is 0.0834. The van der Waals surface area contributed by atoms with Crippen molar-refractivity contribution in [3.05, 3.63) is 24.3 Å². The summed E-state index contributed by atoms with van der Waals surface area (Å²) >= 11 is 0. The van der Waals surface area contributed by atoms with Gasteiger partial charge in [-0.25, -0.2) is 8.42 Å². The molecule has 1 heterocycles. The van der Waals surface area contributed by atoms with Crippen molar-refractivity contribution in [3.8, 4) is 17.6 Å². The van der Waals surface area contributed by atoms with Crippen LogP contribution in [0.15, 0.2) is 29.2 Å². The van der Waals surface area contributed by atoms with Crippen molar-refractivity contribution in [3.63, 3.8) is 0 Å². The summed E-state index contributed by atoms with van der Waals surface area (Å²) in [5, 5.41) is 3.17. The van der Waals surface area contributed by atoms with Gasteiger partial charge in [0.05, 0.1) is 17.8 Å². The molecule has 1 fully saturated rings. The third-order valence-corrected chi connectivity index (χ3v) is 6.34. The molecular formula is C19H25NO5S. The molecule has 0 saturated carbocycles. The maximum absolute atomic E-state index is 13.1. The number of para-hydroxylation sites is 1. The third kappa shape index (κ3) is 4.77. The van der Waals surface area contributed by atoms with Gasteiger partial charge >= 0.3 is 5.97 Å². The Morgan fingerprint density at radius 2 is 1.96 bits per heavy atom. The number of benzene rings is 1. The molecule has 0 spiro atoms. The van der Waals surface area contributed by atoms with Gasteiger partial charge in [0.25, 0.3) is 0 Å². The van der Waals surface area contributed by atoms with Crippen molar-refractivity contribution < 1.29 is 22.7 Å². The Morgan fingerprint density at radius 1 is 1.27 bits per heavy atom. The van der Waals surface area contributed by atoms with Crippen LogP contribution in [0.2, 0.25) is 0 Å². The van der Waals surface area contributed by atoms with E-state index in [9.17, 15) is 13.2 Å². The van der Waals surface area contributed by atoms with E-state index in [4.69, 9.17) is 9.47 Å². The van der Waals surface area contributed by atoms with Crippen LogP contribution < -0.4 is 10.1 Å². The first-order chi connectivity index (χ1) is 12.4. The summed E-state index contributed by atoms with van der Waals surface area (Å²) in [4.78, 5) is 12.6. The molecule has 0 aliphatic carbocycles. The van der Waals surface area contributed by atoms with Crippen molar-refractivity contribution in [2.24, 2.45) is 5.41 Å². The van der Waals surface area contributed by atoms with Crippen molar-refractivity contribution in [2.75, 3.05) is 32.1 Å². The van der Waals surface area contributed by atoms with E-state index in [0.717, 1.165) is 0 Å². The quantitative estimate of drug-likeness (QED) is 0.575. The molecule has 1 aromatic carbocycles. The fraction of sp³-hybridized carbons (Fsp3) is 0.526. The maximum atomic E-state index is 13.1. The molecular weight excluding hydrogens is 354 g/mol. The minimum Gasteiger partial charge on any atom is -0.480 e. The zero-order valence-electron chi connectivity index (χ0n) is 15.2. The first-order valence-corrected chi connectivity index (χ1v) is 10.3.